The van der Waals surface area contributed by atoms with E-state index in [0.717, 1.165) is 47.9 Å². The molecule has 2 aliphatic carbocycles. The summed E-state index contributed by atoms with van der Waals surface area (Å²) < 4.78 is 5.59. The lowest BCUT2D eigenvalue weighted by Gasteiger charge is -2.21. The van der Waals surface area contributed by atoms with Gasteiger partial charge in [0.25, 0.3) is 0 Å². The number of carbonyl (C=O) groups excluding carboxylic acids is 2. The molecule has 35 heavy (non-hydrogen) atoms. The summed E-state index contributed by atoms with van der Waals surface area (Å²) in [5, 5.41) is 14.9. The first-order valence-electron chi connectivity index (χ1n) is 12.6. The molecule has 3 N–H and O–H groups in total. The van der Waals surface area contributed by atoms with Gasteiger partial charge in [-0.05, 0) is 41.0 Å². The first kappa shape index (κ1) is 24.8. The topological polar surface area (TPSA) is 105 Å². The summed E-state index contributed by atoms with van der Waals surface area (Å²) in [6, 6.07) is 15.4. The number of alkyl carbamates (subject to hydrolysis) is 1. The zero-order valence-corrected chi connectivity index (χ0v) is 20.2. The highest BCUT2D eigenvalue weighted by atomic mass is 16.5. The molecule has 2 aliphatic rings. The molecule has 0 heterocycles. The van der Waals surface area contributed by atoms with Crippen molar-refractivity contribution in [2.45, 2.75) is 57.4 Å². The van der Waals surface area contributed by atoms with Gasteiger partial charge in [-0.3, -0.25) is 4.79 Å². The molecule has 0 aromatic heterocycles. The summed E-state index contributed by atoms with van der Waals surface area (Å²) in [6.45, 7) is 2.31. The molecule has 186 valence electrons. The monoisotopic (exact) mass is 478 g/mol. The maximum Gasteiger partial charge on any atom is 0.407 e. The van der Waals surface area contributed by atoms with Crippen LogP contribution in [0.3, 0.4) is 0 Å². The van der Waals surface area contributed by atoms with E-state index in [1.807, 2.05) is 31.2 Å². The van der Waals surface area contributed by atoms with Crippen molar-refractivity contribution < 1.29 is 24.2 Å². The van der Waals surface area contributed by atoms with Crippen LogP contribution in [0, 0.1) is 11.8 Å². The van der Waals surface area contributed by atoms with Gasteiger partial charge < -0.3 is 20.5 Å². The van der Waals surface area contributed by atoms with Crippen LogP contribution in [0.2, 0.25) is 0 Å². The van der Waals surface area contributed by atoms with Gasteiger partial charge in [-0.15, -0.1) is 0 Å². The molecule has 0 aliphatic heterocycles. The lowest BCUT2D eigenvalue weighted by Crippen LogP contribution is -2.46. The number of benzene rings is 2. The van der Waals surface area contributed by atoms with Crippen molar-refractivity contribution in [1.82, 2.24) is 10.6 Å². The van der Waals surface area contributed by atoms with Crippen LogP contribution >= 0.6 is 0 Å². The molecule has 2 aromatic rings. The molecule has 1 unspecified atom stereocenters. The molecule has 1 fully saturated rings. The number of hydrogen-bond donors (Lipinski definition) is 3. The Hall–Kier alpha value is -3.35. The van der Waals surface area contributed by atoms with Crippen molar-refractivity contribution in [3.05, 3.63) is 59.7 Å². The molecular formula is C28H34N2O5. The lowest BCUT2D eigenvalue weighted by molar-refractivity contribution is -0.142. The highest BCUT2D eigenvalue weighted by molar-refractivity contribution is 5.85. The molecule has 2 amide bonds. The number of unbranched alkanes of at least 4 members (excludes halogenated alkanes) is 1. The summed E-state index contributed by atoms with van der Waals surface area (Å²) in [5.74, 6) is -1.41. The first-order chi connectivity index (χ1) is 17.0. The number of carboxylic acid groups (broad SMARTS) is 1. The van der Waals surface area contributed by atoms with Crippen LogP contribution in [-0.4, -0.2) is 42.3 Å². The molecule has 0 radical (unpaired) electrons. The third kappa shape index (κ3) is 6.21. The second kappa shape index (κ2) is 11.4. The van der Waals surface area contributed by atoms with Crippen molar-refractivity contribution in [1.29, 1.82) is 0 Å². The third-order valence-corrected chi connectivity index (χ3v) is 6.98. The number of amides is 2. The van der Waals surface area contributed by atoms with Crippen LogP contribution in [0.25, 0.3) is 11.1 Å². The third-order valence-electron chi connectivity index (χ3n) is 6.98. The van der Waals surface area contributed by atoms with Crippen molar-refractivity contribution in [2.24, 2.45) is 11.8 Å². The maximum absolute atomic E-state index is 12.9. The van der Waals surface area contributed by atoms with Crippen LogP contribution in [-0.2, 0) is 14.3 Å². The van der Waals surface area contributed by atoms with Gasteiger partial charge in [-0.25, -0.2) is 9.59 Å². The molecule has 0 bridgehead atoms. The van der Waals surface area contributed by atoms with Gasteiger partial charge in [0, 0.05) is 12.5 Å². The van der Waals surface area contributed by atoms with E-state index in [0.29, 0.717) is 18.8 Å². The van der Waals surface area contributed by atoms with E-state index in [-0.39, 0.29) is 25.0 Å². The second-order valence-electron chi connectivity index (χ2n) is 9.62. The van der Waals surface area contributed by atoms with Gasteiger partial charge in [0.2, 0.25) is 5.91 Å². The standard InChI is InChI=1S/C28H34N2O5/c1-2-3-12-25(27(32)33)30-26(31)19(15-18-13-14-18)16-29-28(34)35-17-24-22-10-6-4-8-20(22)21-9-5-7-11-23(21)24/h4-11,18-19,24-25H,2-3,12-17H2,1H3,(H,29,34)(H,30,31)(H,32,33)/t19?,25-/m0/s1. The van der Waals surface area contributed by atoms with Crippen molar-refractivity contribution in [2.75, 3.05) is 13.2 Å². The van der Waals surface area contributed by atoms with Crippen LogP contribution in [0.1, 0.15) is 62.5 Å². The van der Waals surface area contributed by atoms with E-state index < -0.39 is 24.0 Å². The van der Waals surface area contributed by atoms with E-state index >= 15 is 0 Å². The SMILES string of the molecule is CCCC[C@H](NC(=O)C(CNC(=O)OCC1c2ccccc2-c2ccccc21)CC1CC1)C(=O)O. The molecule has 7 heteroatoms. The van der Waals surface area contributed by atoms with Crippen molar-refractivity contribution >= 4 is 18.0 Å². The van der Waals surface area contributed by atoms with Gasteiger partial charge in [-0.1, -0.05) is 81.1 Å². The molecule has 0 spiro atoms. The van der Waals surface area contributed by atoms with Crippen LogP contribution in [0.5, 0.6) is 0 Å². The molecule has 0 saturated heterocycles. The van der Waals surface area contributed by atoms with Gasteiger partial charge in [-0.2, -0.15) is 0 Å². The second-order valence-corrected chi connectivity index (χ2v) is 9.62. The molecule has 4 rings (SSSR count). The maximum atomic E-state index is 12.9. The summed E-state index contributed by atoms with van der Waals surface area (Å²) in [5.41, 5.74) is 4.60. The van der Waals surface area contributed by atoms with Gasteiger partial charge in [0.1, 0.15) is 12.6 Å². The van der Waals surface area contributed by atoms with E-state index in [1.165, 1.54) is 0 Å². The molecule has 1 saturated carbocycles. The fourth-order valence-electron chi connectivity index (χ4n) is 4.85. The molecular weight excluding hydrogens is 444 g/mol. The largest absolute Gasteiger partial charge is 0.480 e. The fraction of sp³-hybridized carbons (Fsp3) is 0.464. The Labute approximate surface area is 206 Å². The van der Waals surface area contributed by atoms with Crippen LogP contribution < -0.4 is 10.6 Å². The quantitative estimate of drug-likeness (QED) is 0.410. The molecule has 2 atom stereocenters. The zero-order chi connectivity index (χ0) is 24.8. The van der Waals surface area contributed by atoms with Crippen LogP contribution in [0.4, 0.5) is 4.79 Å². The Morgan fingerprint density at radius 1 is 1.03 bits per heavy atom. The Balaban J connectivity index is 1.33. The first-order valence-corrected chi connectivity index (χ1v) is 12.6. The molecule has 7 nitrogen and oxygen atoms in total. The van der Waals surface area contributed by atoms with Gasteiger partial charge in [0.15, 0.2) is 0 Å². The number of carbonyl (C=O) groups is 3. The molecule has 2 aromatic carbocycles. The van der Waals surface area contributed by atoms with Crippen molar-refractivity contribution in [3.63, 3.8) is 0 Å². The van der Waals surface area contributed by atoms with E-state index in [1.54, 1.807) is 0 Å². The van der Waals surface area contributed by atoms with E-state index in [9.17, 15) is 19.5 Å². The Bertz CT molecular complexity index is 1020. The zero-order valence-electron chi connectivity index (χ0n) is 20.2. The number of fused-ring (bicyclic) bond motifs is 3. The number of rotatable bonds is 12. The minimum absolute atomic E-state index is 0.0337. The summed E-state index contributed by atoms with van der Waals surface area (Å²) in [7, 11) is 0. The summed E-state index contributed by atoms with van der Waals surface area (Å²) in [6.07, 6.45) is 4.17. The fourth-order valence-corrected chi connectivity index (χ4v) is 4.85. The minimum Gasteiger partial charge on any atom is -0.480 e. The number of aliphatic carboxylic acids is 1. The highest BCUT2D eigenvalue weighted by Crippen LogP contribution is 2.44. The number of ether oxygens (including phenoxy) is 1. The van der Waals surface area contributed by atoms with Gasteiger partial charge >= 0.3 is 12.1 Å². The van der Waals surface area contributed by atoms with Crippen molar-refractivity contribution in [3.8, 4) is 11.1 Å². The Kier molecular flexibility index (Phi) is 8.06. The Morgan fingerprint density at radius 2 is 1.66 bits per heavy atom. The summed E-state index contributed by atoms with van der Waals surface area (Å²) in [4.78, 5) is 37.0. The smallest absolute Gasteiger partial charge is 0.407 e. The summed E-state index contributed by atoms with van der Waals surface area (Å²) >= 11 is 0. The Morgan fingerprint density at radius 3 is 2.23 bits per heavy atom. The van der Waals surface area contributed by atoms with Gasteiger partial charge in [0.05, 0.1) is 5.92 Å². The lowest BCUT2D eigenvalue weighted by atomic mass is 9.98. The predicted molar refractivity (Wildman–Crippen MR) is 133 cm³/mol. The normalized spacial score (nSPS) is 16.0. The van der Waals surface area contributed by atoms with E-state index in [2.05, 4.69) is 34.9 Å². The van der Waals surface area contributed by atoms with Crippen LogP contribution in [0.15, 0.2) is 48.5 Å². The minimum atomic E-state index is -1.03. The highest BCUT2D eigenvalue weighted by Gasteiger charge is 2.32. The van der Waals surface area contributed by atoms with E-state index in [4.69, 9.17) is 4.74 Å². The number of hydrogen-bond acceptors (Lipinski definition) is 4. The predicted octanol–water partition coefficient (Wildman–Crippen LogP) is 4.70. The average molecular weight is 479 g/mol. The number of nitrogens with one attached hydrogen (secondary N) is 2. The average Bonchev–Trinajstić information content (AvgIpc) is 3.63. The number of carboxylic acids is 1.